The number of nitrogens with zero attached hydrogens (tertiary/aromatic N) is 4. The molecule has 0 bridgehead atoms. The van der Waals surface area contributed by atoms with Gasteiger partial charge >= 0.3 is 0 Å². The number of nitrogens with one attached hydrogen (secondary N) is 1. The summed E-state index contributed by atoms with van der Waals surface area (Å²) in [5, 5.41) is 12.1. The standard InChI is InChI=1S/C16H17N5O2S2/c1-11-7-8-12(2)15(9-11)25(22,23)18-13-5-4-6-14(10-13)21-16(24-3)17-19-20-21/h4-10,18H,1-3H3. The molecule has 0 saturated carbocycles. The predicted molar refractivity (Wildman–Crippen MR) is 97.7 cm³/mol. The van der Waals surface area contributed by atoms with E-state index in [1.165, 1.54) is 11.8 Å². The molecule has 9 heteroatoms. The van der Waals surface area contributed by atoms with Gasteiger partial charge in [-0.1, -0.05) is 30.0 Å². The summed E-state index contributed by atoms with van der Waals surface area (Å²) in [6.45, 7) is 3.64. The van der Waals surface area contributed by atoms with Crippen molar-refractivity contribution >= 4 is 27.5 Å². The van der Waals surface area contributed by atoms with Crippen molar-refractivity contribution in [3.8, 4) is 5.69 Å². The van der Waals surface area contributed by atoms with Crippen LogP contribution in [-0.2, 0) is 10.0 Å². The topological polar surface area (TPSA) is 89.8 Å². The van der Waals surface area contributed by atoms with Crippen molar-refractivity contribution in [3.05, 3.63) is 53.6 Å². The van der Waals surface area contributed by atoms with E-state index >= 15 is 0 Å². The SMILES string of the molecule is CSc1nnnn1-c1cccc(NS(=O)(=O)c2cc(C)ccc2C)c1. The van der Waals surface area contributed by atoms with Gasteiger partial charge in [-0.3, -0.25) is 4.72 Å². The molecule has 3 rings (SSSR count). The van der Waals surface area contributed by atoms with Crippen molar-refractivity contribution in [3.63, 3.8) is 0 Å². The zero-order valence-corrected chi connectivity index (χ0v) is 15.6. The van der Waals surface area contributed by atoms with Crippen LogP contribution in [0.2, 0.25) is 0 Å². The lowest BCUT2D eigenvalue weighted by molar-refractivity contribution is 0.600. The largest absolute Gasteiger partial charge is 0.280 e. The third-order valence-electron chi connectivity index (χ3n) is 3.60. The zero-order valence-electron chi connectivity index (χ0n) is 14.0. The summed E-state index contributed by atoms with van der Waals surface area (Å²) in [6.07, 6.45) is 1.87. The second-order valence-electron chi connectivity index (χ2n) is 5.50. The molecule has 1 heterocycles. The number of rotatable bonds is 5. The predicted octanol–water partition coefficient (Wildman–Crippen LogP) is 2.80. The summed E-state index contributed by atoms with van der Waals surface area (Å²) >= 11 is 1.40. The Morgan fingerprint density at radius 3 is 2.68 bits per heavy atom. The minimum atomic E-state index is -3.68. The number of hydrogen-bond donors (Lipinski definition) is 1. The molecule has 1 N–H and O–H groups in total. The van der Waals surface area contributed by atoms with Gasteiger partial charge in [0.15, 0.2) is 0 Å². The van der Waals surface area contributed by atoms with Crippen LogP contribution in [0.3, 0.4) is 0 Å². The number of benzene rings is 2. The van der Waals surface area contributed by atoms with E-state index in [1.807, 2.05) is 25.3 Å². The van der Waals surface area contributed by atoms with Crippen molar-refractivity contribution in [2.75, 3.05) is 11.0 Å². The average molecular weight is 375 g/mol. The number of aryl methyl sites for hydroxylation is 2. The van der Waals surface area contributed by atoms with E-state index in [-0.39, 0.29) is 4.90 Å². The molecule has 1 aromatic heterocycles. The number of hydrogen-bond acceptors (Lipinski definition) is 6. The molecule has 0 aliphatic rings. The Morgan fingerprint density at radius 1 is 1.12 bits per heavy atom. The fourth-order valence-electron chi connectivity index (χ4n) is 2.38. The van der Waals surface area contributed by atoms with E-state index in [2.05, 4.69) is 20.2 Å². The van der Waals surface area contributed by atoms with E-state index in [4.69, 9.17) is 0 Å². The Hall–Kier alpha value is -2.39. The van der Waals surface area contributed by atoms with Gasteiger partial charge in [0.05, 0.1) is 16.3 Å². The lowest BCUT2D eigenvalue weighted by Gasteiger charge is -2.12. The summed E-state index contributed by atoms with van der Waals surface area (Å²) in [6, 6.07) is 12.3. The molecule has 0 spiro atoms. The summed E-state index contributed by atoms with van der Waals surface area (Å²) in [5.74, 6) is 0. The van der Waals surface area contributed by atoms with Gasteiger partial charge in [-0.15, -0.1) is 5.10 Å². The van der Waals surface area contributed by atoms with E-state index in [9.17, 15) is 8.42 Å². The van der Waals surface area contributed by atoms with Crippen molar-refractivity contribution < 1.29 is 8.42 Å². The number of sulfonamides is 1. The van der Waals surface area contributed by atoms with Crippen molar-refractivity contribution in [1.29, 1.82) is 0 Å². The van der Waals surface area contributed by atoms with Crippen molar-refractivity contribution in [2.24, 2.45) is 0 Å². The summed E-state index contributed by atoms with van der Waals surface area (Å²) < 4.78 is 29.6. The Morgan fingerprint density at radius 2 is 1.92 bits per heavy atom. The van der Waals surface area contributed by atoms with E-state index in [0.717, 1.165) is 5.56 Å². The Bertz CT molecular complexity index is 1010. The van der Waals surface area contributed by atoms with Gasteiger partial charge in [-0.25, -0.2) is 8.42 Å². The smallest absolute Gasteiger partial charge is 0.262 e. The molecule has 0 radical (unpaired) electrons. The molecule has 0 saturated heterocycles. The highest BCUT2D eigenvalue weighted by molar-refractivity contribution is 7.98. The highest BCUT2D eigenvalue weighted by Crippen LogP contribution is 2.23. The van der Waals surface area contributed by atoms with Crippen LogP contribution in [-0.4, -0.2) is 34.9 Å². The van der Waals surface area contributed by atoms with E-state index in [1.54, 1.807) is 41.9 Å². The van der Waals surface area contributed by atoms with Gasteiger partial charge in [0.2, 0.25) is 5.16 Å². The lowest BCUT2D eigenvalue weighted by Crippen LogP contribution is -2.14. The maximum absolute atomic E-state index is 12.7. The van der Waals surface area contributed by atoms with Crippen LogP contribution >= 0.6 is 11.8 Å². The molecule has 130 valence electrons. The fourth-order valence-corrected chi connectivity index (χ4v) is 4.19. The average Bonchev–Trinajstić information content (AvgIpc) is 3.05. The molecule has 2 aromatic carbocycles. The molecule has 0 fully saturated rings. The molecule has 7 nitrogen and oxygen atoms in total. The number of aromatic nitrogens is 4. The van der Waals surface area contributed by atoms with Crippen LogP contribution in [0.5, 0.6) is 0 Å². The van der Waals surface area contributed by atoms with Crippen LogP contribution in [0.25, 0.3) is 5.69 Å². The van der Waals surface area contributed by atoms with E-state index in [0.29, 0.717) is 22.1 Å². The number of tetrazole rings is 1. The van der Waals surface area contributed by atoms with Crippen LogP contribution in [0.15, 0.2) is 52.5 Å². The Kier molecular flexibility index (Phi) is 4.78. The monoisotopic (exact) mass is 375 g/mol. The molecule has 25 heavy (non-hydrogen) atoms. The van der Waals surface area contributed by atoms with Gasteiger partial charge in [0, 0.05) is 0 Å². The van der Waals surface area contributed by atoms with Crippen LogP contribution in [0, 0.1) is 13.8 Å². The second kappa shape index (κ2) is 6.85. The minimum Gasteiger partial charge on any atom is -0.280 e. The van der Waals surface area contributed by atoms with Gasteiger partial charge < -0.3 is 0 Å². The van der Waals surface area contributed by atoms with Gasteiger partial charge in [0.1, 0.15) is 0 Å². The maximum Gasteiger partial charge on any atom is 0.262 e. The second-order valence-corrected chi connectivity index (χ2v) is 7.93. The molecular weight excluding hydrogens is 358 g/mol. The Balaban J connectivity index is 1.96. The lowest BCUT2D eigenvalue weighted by atomic mass is 10.2. The Labute approximate surface area is 150 Å². The van der Waals surface area contributed by atoms with Gasteiger partial charge in [-0.2, -0.15) is 4.68 Å². The highest BCUT2D eigenvalue weighted by Gasteiger charge is 2.17. The fraction of sp³-hybridized carbons (Fsp3) is 0.188. The number of thioether (sulfide) groups is 1. The first-order chi connectivity index (χ1) is 11.9. The molecule has 0 amide bonds. The van der Waals surface area contributed by atoms with Gasteiger partial charge in [-0.05, 0) is 65.9 Å². The molecule has 0 aliphatic carbocycles. The normalized spacial score (nSPS) is 11.5. The van der Waals surface area contributed by atoms with Crippen LogP contribution in [0.1, 0.15) is 11.1 Å². The van der Waals surface area contributed by atoms with Crippen molar-refractivity contribution in [2.45, 2.75) is 23.9 Å². The minimum absolute atomic E-state index is 0.269. The third-order valence-corrected chi connectivity index (χ3v) is 5.74. The molecular formula is C16H17N5O2S2. The van der Waals surface area contributed by atoms with Crippen LogP contribution in [0.4, 0.5) is 5.69 Å². The summed E-state index contributed by atoms with van der Waals surface area (Å²) in [5.41, 5.74) is 2.70. The van der Waals surface area contributed by atoms with Crippen molar-refractivity contribution in [1.82, 2.24) is 20.2 Å². The quantitative estimate of drug-likeness (QED) is 0.690. The number of anilines is 1. The first-order valence-electron chi connectivity index (χ1n) is 7.43. The molecule has 0 aliphatic heterocycles. The molecule has 3 aromatic rings. The molecule has 0 unspecified atom stereocenters. The molecule has 0 atom stereocenters. The van der Waals surface area contributed by atoms with Gasteiger partial charge in [0.25, 0.3) is 10.0 Å². The maximum atomic E-state index is 12.7. The van der Waals surface area contributed by atoms with Crippen LogP contribution < -0.4 is 4.72 Å². The first-order valence-corrected chi connectivity index (χ1v) is 10.1. The third kappa shape index (κ3) is 3.67. The summed E-state index contributed by atoms with van der Waals surface area (Å²) in [7, 11) is -3.68. The zero-order chi connectivity index (χ0) is 18.0. The first kappa shape index (κ1) is 17.4. The van der Waals surface area contributed by atoms with E-state index < -0.39 is 10.0 Å². The highest BCUT2D eigenvalue weighted by atomic mass is 32.2. The summed E-state index contributed by atoms with van der Waals surface area (Å²) in [4.78, 5) is 0.269.